The van der Waals surface area contributed by atoms with E-state index in [0.29, 0.717) is 17.8 Å². The van der Waals surface area contributed by atoms with E-state index in [1.807, 2.05) is 13.0 Å². The van der Waals surface area contributed by atoms with Gasteiger partial charge in [0, 0.05) is 26.2 Å². The summed E-state index contributed by atoms with van der Waals surface area (Å²) < 4.78 is 26.7. The van der Waals surface area contributed by atoms with Gasteiger partial charge in [-0.15, -0.1) is 0 Å². The summed E-state index contributed by atoms with van der Waals surface area (Å²) in [5, 5.41) is 2.71. The van der Waals surface area contributed by atoms with Gasteiger partial charge in [0.2, 0.25) is 5.91 Å². The molecule has 0 aliphatic rings. The lowest BCUT2D eigenvalue weighted by Crippen LogP contribution is -2.38. The molecule has 0 saturated carbocycles. The highest BCUT2D eigenvalue weighted by Gasteiger charge is 2.22. The summed E-state index contributed by atoms with van der Waals surface area (Å²) >= 11 is 0. The fourth-order valence-corrected chi connectivity index (χ4v) is 3.73. The van der Waals surface area contributed by atoms with Crippen LogP contribution in [0.25, 0.3) is 0 Å². The zero-order valence-corrected chi connectivity index (χ0v) is 17.1. The molecule has 2 amide bonds. The molecule has 28 heavy (non-hydrogen) atoms. The number of carbonyl (C=O) groups excluding carboxylic acids is 2. The molecule has 0 heterocycles. The predicted molar refractivity (Wildman–Crippen MR) is 109 cm³/mol. The number of benzene rings is 2. The summed E-state index contributed by atoms with van der Waals surface area (Å²) in [6, 6.07) is 14.4. The van der Waals surface area contributed by atoms with Gasteiger partial charge in [-0.3, -0.25) is 13.9 Å². The Labute approximate surface area is 166 Å². The van der Waals surface area contributed by atoms with Crippen LogP contribution in [-0.2, 0) is 14.8 Å². The Morgan fingerprint density at radius 3 is 2.14 bits per heavy atom. The van der Waals surface area contributed by atoms with E-state index in [9.17, 15) is 18.0 Å². The first-order valence-electron chi connectivity index (χ1n) is 8.93. The van der Waals surface area contributed by atoms with Gasteiger partial charge in [-0.25, -0.2) is 8.42 Å². The van der Waals surface area contributed by atoms with Gasteiger partial charge in [0.1, 0.15) is 0 Å². The second-order valence-corrected chi connectivity index (χ2v) is 8.31. The molecule has 2 aromatic carbocycles. The zero-order chi connectivity index (χ0) is 20.7. The summed E-state index contributed by atoms with van der Waals surface area (Å²) in [4.78, 5) is 25.6. The Morgan fingerprint density at radius 1 is 0.964 bits per heavy atom. The first kappa shape index (κ1) is 21.4. The van der Waals surface area contributed by atoms with Gasteiger partial charge < -0.3 is 10.2 Å². The summed E-state index contributed by atoms with van der Waals surface area (Å²) in [7, 11) is -0.732. The Hall–Kier alpha value is -2.87. The third-order valence-electron chi connectivity index (χ3n) is 4.18. The van der Waals surface area contributed by atoms with Crippen molar-refractivity contribution in [2.45, 2.75) is 18.2 Å². The topological polar surface area (TPSA) is 86.8 Å². The van der Waals surface area contributed by atoms with Crippen molar-refractivity contribution >= 4 is 27.5 Å². The van der Waals surface area contributed by atoms with Crippen LogP contribution < -0.4 is 9.62 Å². The molecule has 0 fully saturated rings. The lowest BCUT2D eigenvalue weighted by Gasteiger charge is -2.20. The molecule has 8 heteroatoms. The molecular formula is C20H25N3O4S. The first-order chi connectivity index (χ1) is 13.3. The number of hydrogen-bond donors (Lipinski definition) is 1. The Balaban J connectivity index is 2.12. The average Bonchev–Trinajstić information content (AvgIpc) is 2.71. The van der Waals surface area contributed by atoms with Crippen molar-refractivity contribution in [3.63, 3.8) is 0 Å². The van der Waals surface area contributed by atoms with E-state index in [4.69, 9.17) is 0 Å². The van der Waals surface area contributed by atoms with Crippen molar-refractivity contribution in [3.8, 4) is 0 Å². The van der Waals surface area contributed by atoms with Gasteiger partial charge in [0.25, 0.3) is 15.9 Å². The summed E-state index contributed by atoms with van der Waals surface area (Å²) in [6.07, 6.45) is 0.816. The maximum absolute atomic E-state index is 12.8. The van der Waals surface area contributed by atoms with Crippen molar-refractivity contribution in [1.82, 2.24) is 10.2 Å². The number of sulfonamides is 1. The van der Waals surface area contributed by atoms with Crippen LogP contribution in [0.15, 0.2) is 59.5 Å². The van der Waals surface area contributed by atoms with Crippen LogP contribution in [0.5, 0.6) is 0 Å². The fourth-order valence-electron chi connectivity index (χ4n) is 2.53. The first-order valence-corrected chi connectivity index (χ1v) is 10.4. The molecule has 0 aliphatic carbocycles. The Bertz CT molecular complexity index is 912. The number of rotatable bonds is 8. The number of carbonyl (C=O) groups is 2. The van der Waals surface area contributed by atoms with Gasteiger partial charge >= 0.3 is 0 Å². The van der Waals surface area contributed by atoms with E-state index >= 15 is 0 Å². The summed E-state index contributed by atoms with van der Waals surface area (Å²) in [6.45, 7) is 2.44. The molecule has 7 nitrogen and oxygen atoms in total. The van der Waals surface area contributed by atoms with Crippen molar-refractivity contribution in [3.05, 3.63) is 60.2 Å². The molecule has 2 aromatic rings. The number of likely N-dealkylation sites (N-methyl/N-ethyl adjacent to an activating group) is 1. The van der Waals surface area contributed by atoms with Crippen LogP contribution in [0.3, 0.4) is 0 Å². The SMILES string of the molecule is CCCNC(=O)CN(C)C(=O)c1ccc(S(=O)(=O)N(C)c2ccccc2)cc1. The minimum absolute atomic E-state index is 0.0599. The molecule has 0 saturated heterocycles. The van der Waals surface area contributed by atoms with Gasteiger partial charge in [0.15, 0.2) is 0 Å². The van der Waals surface area contributed by atoms with Crippen LogP contribution in [0.4, 0.5) is 5.69 Å². The predicted octanol–water partition coefficient (Wildman–Crippen LogP) is 2.11. The average molecular weight is 404 g/mol. The van der Waals surface area contributed by atoms with Crippen LogP contribution >= 0.6 is 0 Å². The number of hydrogen-bond acceptors (Lipinski definition) is 4. The molecule has 0 radical (unpaired) electrons. The third kappa shape index (κ3) is 5.10. The molecular weight excluding hydrogens is 378 g/mol. The Kier molecular flexibility index (Phi) is 7.17. The van der Waals surface area contributed by atoms with Crippen molar-refractivity contribution in [1.29, 1.82) is 0 Å². The van der Waals surface area contributed by atoms with Gasteiger partial charge in [-0.1, -0.05) is 25.1 Å². The quantitative estimate of drug-likeness (QED) is 0.731. The van der Waals surface area contributed by atoms with E-state index in [0.717, 1.165) is 6.42 Å². The molecule has 0 unspecified atom stereocenters. The molecule has 0 bridgehead atoms. The minimum Gasteiger partial charge on any atom is -0.355 e. The molecule has 2 rings (SSSR count). The maximum atomic E-state index is 12.8. The molecule has 0 spiro atoms. The number of nitrogens with zero attached hydrogens (tertiary/aromatic N) is 2. The van der Waals surface area contributed by atoms with E-state index < -0.39 is 10.0 Å². The number of para-hydroxylation sites is 1. The maximum Gasteiger partial charge on any atom is 0.264 e. The smallest absolute Gasteiger partial charge is 0.264 e. The van der Waals surface area contributed by atoms with Gasteiger partial charge in [-0.2, -0.15) is 0 Å². The highest BCUT2D eigenvalue weighted by molar-refractivity contribution is 7.92. The third-order valence-corrected chi connectivity index (χ3v) is 5.98. The lowest BCUT2D eigenvalue weighted by atomic mass is 10.2. The summed E-state index contributed by atoms with van der Waals surface area (Å²) in [5.41, 5.74) is 0.854. The van der Waals surface area contributed by atoms with Gasteiger partial charge in [0.05, 0.1) is 17.1 Å². The lowest BCUT2D eigenvalue weighted by molar-refractivity contribution is -0.121. The minimum atomic E-state index is -3.74. The molecule has 0 aliphatic heterocycles. The number of nitrogens with one attached hydrogen (secondary N) is 1. The second kappa shape index (κ2) is 9.36. The highest BCUT2D eigenvalue weighted by atomic mass is 32.2. The van der Waals surface area contributed by atoms with Crippen LogP contribution in [0.1, 0.15) is 23.7 Å². The van der Waals surface area contributed by atoms with Crippen molar-refractivity contribution in [2.24, 2.45) is 0 Å². The number of amides is 2. The van der Waals surface area contributed by atoms with E-state index in [2.05, 4.69) is 5.32 Å². The monoisotopic (exact) mass is 403 g/mol. The van der Waals surface area contributed by atoms with Crippen LogP contribution in [-0.4, -0.2) is 52.3 Å². The van der Waals surface area contributed by atoms with E-state index in [1.165, 1.54) is 47.6 Å². The molecule has 1 N–H and O–H groups in total. The molecule has 0 aromatic heterocycles. The normalized spacial score (nSPS) is 11.0. The van der Waals surface area contributed by atoms with Crippen molar-refractivity contribution in [2.75, 3.05) is 31.5 Å². The van der Waals surface area contributed by atoms with E-state index in [1.54, 1.807) is 24.3 Å². The van der Waals surface area contributed by atoms with Gasteiger partial charge in [-0.05, 0) is 42.8 Å². The molecule has 150 valence electrons. The summed E-state index contributed by atoms with van der Waals surface area (Å²) in [5.74, 6) is -0.589. The fraction of sp³-hybridized carbons (Fsp3) is 0.300. The standard InChI is InChI=1S/C20H25N3O4S/c1-4-14-21-19(24)15-22(2)20(25)16-10-12-18(13-11-16)28(26,27)23(3)17-8-6-5-7-9-17/h5-13H,4,14-15H2,1-3H3,(H,21,24). The largest absolute Gasteiger partial charge is 0.355 e. The van der Waals surface area contributed by atoms with E-state index in [-0.39, 0.29) is 23.3 Å². The highest BCUT2D eigenvalue weighted by Crippen LogP contribution is 2.22. The van der Waals surface area contributed by atoms with Crippen LogP contribution in [0, 0.1) is 0 Å². The number of anilines is 1. The van der Waals surface area contributed by atoms with Crippen molar-refractivity contribution < 1.29 is 18.0 Å². The molecule has 0 atom stereocenters. The van der Waals surface area contributed by atoms with Crippen LogP contribution in [0.2, 0.25) is 0 Å². The zero-order valence-electron chi connectivity index (χ0n) is 16.3. The Morgan fingerprint density at radius 2 is 1.57 bits per heavy atom. The second-order valence-electron chi connectivity index (χ2n) is 6.34.